The average molecular weight is 281 g/mol. The zero-order valence-corrected chi connectivity index (χ0v) is 10.5. The van der Waals surface area contributed by atoms with Crippen molar-refractivity contribution in [3.05, 3.63) is 45.3 Å². The Balaban J connectivity index is 2.58. The van der Waals surface area contributed by atoms with Crippen LogP contribution >= 0.6 is 28.1 Å². The summed E-state index contributed by atoms with van der Waals surface area (Å²) in [5.41, 5.74) is 3.23. The van der Waals surface area contributed by atoms with E-state index in [0.717, 1.165) is 21.3 Å². The number of aryl methyl sites for hydroxylation is 1. The fraction of sp³-hybridized carbons (Fsp3) is 0.0909. The molecule has 1 N–H and O–H groups in total. The van der Waals surface area contributed by atoms with Gasteiger partial charge in [0.25, 0.3) is 0 Å². The van der Waals surface area contributed by atoms with Crippen LogP contribution in [-0.4, -0.2) is 9.97 Å². The van der Waals surface area contributed by atoms with Gasteiger partial charge in [-0.1, -0.05) is 28.1 Å². The number of H-pyrrole nitrogens is 1. The first-order chi connectivity index (χ1) is 7.16. The lowest BCUT2D eigenvalue weighted by atomic mass is 10.1. The summed E-state index contributed by atoms with van der Waals surface area (Å²) in [6.45, 7) is 2.01. The second kappa shape index (κ2) is 4.24. The number of rotatable bonds is 1. The smallest absolute Gasteiger partial charge is 0.197 e. The zero-order valence-electron chi connectivity index (χ0n) is 8.12. The molecule has 0 saturated heterocycles. The molecule has 1 aromatic carbocycles. The molecular formula is C11H9BrN2S. The lowest BCUT2D eigenvalue weighted by Crippen LogP contribution is -1.90. The molecule has 0 bridgehead atoms. The van der Waals surface area contributed by atoms with E-state index >= 15 is 0 Å². The zero-order chi connectivity index (χ0) is 10.8. The lowest BCUT2D eigenvalue weighted by molar-refractivity contribution is 1.11. The third-order valence-electron chi connectivity index (χ3n) is 2.13. The molecule has 2 aromatic rings. The Hall–Kier alpha value is -1.00. The van der Waals surface area contributed by atoms with E-state index in [1.54, 1.807) is 6.20 Å². The number of nitrogens with zero attached hydrogens (tertiary/aromatic N) is 1. The number of hydrogen-bond donors (Lipinski definition) is 1. The minimum Gasteiger partial charge on any atom is -0.330 e. The fourth-order valence-corrected chi connectivity index (χ4v) is 1.79. The molecule has 0 aliphatic carbocycles. The molecule has 0 saturated carbocycles. The molecule has 2 rings (SSSR count). The number of aromatic amines is 1. The second-order valence-corrected chi connectivity index (χ2v) is 4.56. The monoisotopic (exact) mass is 280 g/mol. The predicted molar refractivity (Wildman–Crippen MR) is 67.3 cm³/mol. The number of aromatic nitrogens is 2. The lowest BCUT2D eigenvalue weighted by Gasteiger charge is -2.05. The summed E-state index contributed by atoms with van der Waals surface area (Å²) < 4.78 is 1.58. The van der Waals surface area contributed by atoms with Gasteiger partial charge in [-0.15, -0.1) is 0 Å². The van der Waals surface area contributed by atoms with Crippen LogP contribution in [0.4, 0.5) is 0 Å². The Morgan fingerprint density at radius 1 is 1.27 bits per heavy atom. The van der Waals surface area contributed by atoms with E-state index < -0.39 is 0 Å². The SMILES string of the molecule is Cc1cnc(=S)[nH]c1-c1ccc(Br)cc1. The van der Waals surface area contributed by atoms with Crippen molar-refractivity contribution in [2.24, 2.45) is 0 Å². The van der Waals surface area contributed by atoms with Crippen molar-refractivity contribution in [2.75, 3.05) is 0 Å². The first kappa shape index (κ1) is 10.5. The van der Waals surface area contributed by atoms with Crippen molar-refractivity contribution >= 4 is 28.1 Å². The summed E-state index contributed by atoms with van der Waals surface area (Å²) in [6, 6.07) is 8.09. The van der Waals surface area contributed by atoms with Crippen molar-refractivity contribution < 1.29 is 0 Å². The second-order valence-electron chi connectivity index (χ2n) is 3.25. The largest absolute Gasteiger partial charge is 0.330 e. The first-order valence-corrected chi connectivity index (χ1v) is 5.69. The maximum absolute atomic E-state index is 5.01. The first-order valence-electron chi connectivity index (χ1n) is 4.48. The Kier molecular flexibility index (Phi) is 2.98. The maximum Gasteiger partial charge on any atom is 0.197 e. The highest BCUT2D eigenvalue weighted by Gasteiger charge is 2.01. The topological polar surface area (TPSA) is 28.7 Å². The van der Waals surface area contributed by atoms with Gasteiger partial charge in [0, 0.05) is 10.7 Å². The van der Waals surface area contributed by atoms with Crippen molar-refractivity contribution in [2.45, 2.75) is 6.92 Å². The maximum atomic E-state index is 5.01. The molecule has 0 spiro atoms. The third kappa shape index (κ3) is 2.33. The van der Waals surface area contributed by atoms with Crippen LogP contribution < -0.4 is 0 Å². The van der Waals surface area contributed by atoms with E-state index in [9.17, 15) is 0 Å². The van der Waals surface area contributed by atoms with Crippen LogP contribution in [0.1, 0.15) is 5.56 Å². The van der Waals surface area contributed by atoms with Gasteiger partial charge in [-0.25, -0.2) is 4.98 Å². The van der Waals surface area contributed by atoms with Gasteiger partial charge in [-0.3, -0.25) is 0 Å². The number of benzene rings is 1. The molecule has 15 heavy (non-hydrogen) atoms. The molecule has 1 heterocycles. The van der Waals surface area contributed by atoms with E-state index in [0.29, 0.717) is 4.77 Å². The summed E-state index contributed by atoms with van der Waals surface area (Å²) >= 11 is 8.42. The molecule has 0 aliphatic rings. The molecule has 0 radical (unpaired) electrons. The molecule has 0 amide bonds. The number of nitrogens with one attached hydrogen (secondary N) is 1. The van der Waals surface area contributed by atoms with Crippen LogP contribution in [-0.2, 0) is 0 Å². The van der Waals surface area contributed by atoms with Crippen molar-refractivity contribution in [1.82, 2.24) is 9.97 Å². The van der Waals surface area contributed by atoms with Gasteiger partial charge in [-0.2, -0.15) is 0 Å². The van der Waals surface area contributed by atoms with Crippen LogP contribution in [0.25, 0.3) is 11.3 Å². The van der Waals surface area contributed by atoms with Crippen LogP contribution in [0.5, 0.6) is 0 Å². The quantitative estimate of drug-likeness (QED) is 0.804. The third-order valence-corrected chi connectivity index (χ3v) is 2.87. The van der Waals surface area contributed by atoms with Gasteiger partial charge in [0.15, 0.2) is 4.77 Å². The predicted octanol–water partition coefficient (Wildman–Crippen LogP) is 3.88. The van der Waals surface area contributed by atoms with Crippen molar-refractivity contribution in [3.63, 3.8) is 0 Å². The van der Waals surface area contributed by atoms with E-state index in [4.69, 9.17) is 12.2 Å². The van der Waals surface area contributed by atoms with Gasteiger partial charge in [0.2, 0.25) is 0 Å². The molecule has 76 valence electrons. The highest BCUT2D eigenvalue weighted by molar-refractivity contribution is 9.10. The molecule has 0 aliphatic heterocycles. The van der Waals surface area contributed by atoms with Crippen LogP contribution in [0.15, 0.2) is 34.9 Å². The van der Waals surface area contributed by atoms with Gasteiger partial charge < -0.3 is 4.98 Å². The van der Waals surface area contributed by atoms with Crippen molar-refractivity contribution in [3.8, 4) is 11.3 Å². The molecular weight excluding hydrogens is 272 g/mol. The highest BCUT2D eigenvalue weighted by atomic mass is 79.9. The molecule has 4 heteroatoms. The highest BCUT2D eigenvalue weighted by Crippen LogP contribution is 2.22. The normalized spacial score (nSPS) is 10.3. The summed E-state index contributed by atoms with van der Waals surface area (Å²) in [6.07, 6.45) is 1.79. The van der Waals surface area contributed by atoms with E-state index in [1.807, 2.05) is 31.2 Å². The Morgan fingerprint density at radius 3 is 2.60 bits per heavy atom. The van der Waals surface area contributed by atoms with Crippen LogP contribution in [0.3, 0.4) is 0 Å². The van der Waals surface area contributed by atoms with Crippen LogP contribution in [0, 0.1) is 11.7 Å². The van der Waals surface area contributed by atoms with E-state index in [2.05, 4.69) is 25.9 Å². The summed E-state index contributed by atoms with van der Waals surface area (Å²) in [7, 11) is 0. The van der Waals surface area contributed by atoms with Gasteiger partial charge >= 0.3 is 0 Å². The fourth-order valence-electron chi connectivity index (χ4n) is 1.37. The van der Waals surface area contributed by atoms with E-state index in [-0.39, 0.29) is 0 Å². The van der Waals surface area contributed by atoms with Crippen LogP contribution in [0.2, 0.25) is 0 Å². The Morgan fingerprint density at radius 2 is 1.93 bits per heavy atom. The van der Waals surface area contributed by atoms with E-state index in [1.165, 1.54) is 0 Å². The molecule has 0 unspecified atom stereocenters. The molecule has 0 atom stereocenters. The minimum atomic E-state index is 0.513. The molecule has 2 nitrogen and oxygen atoms in total. The Labute approximate surface area is 102 Å². The molecule has 1 aromatic heterocycles. The molecule has 0 fully saturated rings. The average Bonchev–Trinajstić information content (AvgIpc) is 2.23. The van der Waals surface area contributed by atoms with Gasteiger partial charge in [0.05, 0.1) is 5.69 Å². The summed E-state index contributed by atoms with van der Waals surface area (Å²) in [4.78, 5) is 7.13. The minimum absolute atomic E-state index is 0.513. The van der Waals surface area contributed by atoms with Crippen molar-refractivity contribution in [1.29, 1.82) is 0 Å². The number of halogens is 1. The standard InChI is InChI=1S/C11H9BrN2S/c1-7-6-13-11(15)14-10(7)8-2-4-9(12)5-3-8/h2-6H,1H3,(H,13,14,15). The summed E-state index contributed by atoms with van der Waals surface area (Å²) in [5.74, 6) is 0. The number of hydrogen-bond acceptors (Lipinski definition) is 2. The van der Waals surface area contributed by atoms with Gasteiger partial charge in [-0.05, 0) is 42.4 Å². The summed E-state index contributed by atoms with van der Waals surface area (Å²) in [5, 5.41) is 0. The Bertz CT molecular complexity index is 531. The van der Waals surface area contributed by atoms with Gasteiger partial charge in [0.1, 0.15) is 0 Å².